The van der Waals surface area contributed by atoms with Crippen LogP contribution in [0.5, 0.6) is 0 Å². The number of nitrogens with one attached hydrogen (secondary N) is 1. The molecule has 92 valence electrons. The highest BCUT2D eigenvalue weighted by Crippen LogP contribution is 2.29. The zero-order valence-corrected chi connectivity index (χ0v) is 9.43. The predicted molar refractivity (Wildman–Crippen MR) is 60.5 cm³/mol. The summed E-state index contributed by atoms with van der Waals surface area (Å²) in [6, 6.07) is 0. The van der Waals surface area contributed by atoms with Gasteiger partial charge in [0, 0.05) is 12.6 Å². The number of rotatable bonds is 5. The van der Waals surface area contributed by atoms with E-state index in [-0.39, 0.29) is 12.5 Å². The third-order valence-corrected chi connectivity index (χ3v) is 2.91. The molecule has 0 aromatic carbocycles. The molecular formula is C11H15N3O3. The molecule has 0 aliphatic heterocycles. The van der Waals surface area contributed by atoms with Crippen molar-refractivity contribution >= 4 is 17.6 Å². The number of nitrogens with zero attached hydrogens (tertiary/aromatic N) is 2. The molecule has 17 heavy (non-hydrogen) atoms. The van der Waals surface area contributed by atoms with Crippen molar-refractivity contribution in [3.8, 4) is 0 Å². The van der Waals surface area contributed by atoms with E-state index in [1.54, 1.807) is 0 Å². The van der Waals surface area contributed by atoms with Gasteiger partial charge in [-0.05, 0) is 18.8 Å². The molecule has 0 unspecified atom stereocenters. The molecule has 0 bridgehead atoms. The minimum atomic E-state index is -0.958. The zero-order chi connectivity index (χ0) is 12.3. The van der Waals surface area contributed by atoms with Crippen molar-refractivity contribution < 1.29 is 14.7 Å². The highest BCUT2D eigenvalue weighted by molar-refractivity contribution is 5.90. The molecule has 1 saturated carbocycles. The lowest BCUT2D eigenvalue weighted by atomic mass is 9.83. The van der Waals surface area contributed by atoms with E-state index in [2.05, 4.69) is 10.4 Å². The Kier molecular flexibility index (Phi) is 3.41. The highest BCUT2D eigenvalue weighted by Gasteiger charge is 2.20. The Hall–Kier alpha value is -1.85. The van der Waals surface area contributed by atoms with Gasteiger partial charge in [-0.25, -0.2) is 0 Å². The summed E-state index contributed by atoms with van der Waals surface area (Å²) in [4.78, 5) is 22.0. The average molecular weight is 237 g/mol. The second kappa shape index (κ2) is 4.99. The van der Waals surface area contributed by atoms with Gasteiger partial charge in [0.15, 0.2) is 0 Å². The van der Waals surface area contributed by atoms with Crippen molar-refractivity contribution in [2.24, 2.45) is 5.92 Å². The first-order chi connectivity index (χ1) is 8.13. The van der Waals surface area contributed by atoms with Gasteiger partial charge in [0.05, 0.1) is 11.9 Å². The second-order valence-electron chi connectivity index (χ2n) is 4.37. The fourth-order valence-corrected chi connectivity index (χ4v) is 1.82. The smallest absolute Gasteiger partial charge is 0.325 e. The Labute approximate surface area is 98.6 Å². The SMILES string of the molecule is O=C(O)Cn1cc(NC(=O)CC2CCC2)cn1. The van der Waals surface area contributed by atoms with Crippen LogP contribution in [-0.4, -0.2) is 26.8 Å². The molecule has 1 aromatic heterocycles. The van der Waals surface area contributed by atoms with Gasteiger partial charge in [0.25, 0.3) is 0 Å². The number of carbonyl (C=O) groups excluding carboxylic acids is 1. The first-order valence-corrected chi connectivity index (χ1v) is 5.67. The molecule has 1 aromatic rings. The van der Waals surface area contributed by atoms with Crippen LogP contribution in [0.4, 0.5) is 5.69 Å². The quantitative estimate of drug-likeness (QED) is 0.803. The summed E-state index contributed by atoms with van der Waals surface area (Å²) in [5, 5.41) is 15.1. The topological polar surface area (TPSA) is 84.2 Å². The van der Waals surface area contributed by atoms with Crippen LogP contribution in [0.3, 0.4) is 0 Å². The standard InChI is InChI=1S/C11H15N3O3/c15-10(4-8-2-1-3-8)13-9-5-12-14(6-9)7-11(16)17/h5-6,8H,1-4,7H2,(H,13,15)(H,16,17). The van der Waals surface area contributed by atoms with Gasteiger partial charge in [0.2, 0.25) is 5.91 Å². The molecule has 0 radical (unpaired) electrons. The highest BCUT2D eigenvalue weighted by atomic mass is 16.4. The van der Waals surface area contributed by atoms with E-state index in [0.29, 0.717) is 18.0 Å². The second-order valence-corrected chi connectivity index (χ2v) is 4.37. The van der Waals surface area contributed by atoms with E-state index in [9.17, 15) is 9.59 Å². The van der Waals surface area contributed by atoms with E-state index in [1.807, 2.05) is 0 Å². The largest absolute Gasteiger partial charge is 0.480 e. The summed E-state index contributed by atoms with van der Waals surface area (Å²) >= 11 is 0. The molecule has 1 aliphatic carbocycles. The fourth-order valence-electron chi connectivity index (χ4n) is 1.82. The van der Waals surface area contributed by atoms with Crippen LogP contribution in [-0.2, 0) is 16.1 Å². The summed E-state index contributed by atoms with van der Waals surface area (Å²) in [5.41, 5.74) is 0.551. The Balaban J connectivity index is 1.83. The summed E-state index contributed by atoms with van der Waals surface area (Å²) in [5.74, 6) is -0.464. The fraction of sp³-hybridized carbons (Fsp3) is 0.545. The van der Waals surface area contributed by atoms with E-state index in [4.69, 9.17) is 5.11 Å². The molecule has 1 aliphatic rings. The number of aromatic nitrogens is 2. The van der Waals surface area contributed by atoms with Crippen LogP contribution < -0.4 is 5.32 Å². The number of carboxylic acid groups (broad SMARTS) is 1. The summed E-state index contributed by atoms with van der Waals surface area (Å²) in [7, 11) is 0. The van der Waals surface area contributed by atoms with Gasteiger partial charge < -0.3 is 10.4 Å². The van der Waals surface area contributed by atoms with E-state index in [0.717, 1.165) is 12.8 Å². The number of carbonyl (C=O) groups is 2. The minimum Gasteiger partial charge on any atom is -0.480 e. The molecule has 2 N–H and O–H groups in total. The molecule has 1 heterocycles. The minimum absolute atomic E-state index is 0.0235. The lowest BCUT2D eigenvalue weighted by Gasteiger charge is -2.24. The summed E-state index contributed by atoms with van der Waals surface area (Å²) in [6.45, 7) is -0.196. The lowest BCUT2D eigenvalue weighted by molar-refractivity contribution is -0.137. The zero-order valence-electron chi connectivity index (χ0n) is 9.43. The number of hydrogen-bond donors (Lipinski definition) is 2. The van der Waals surface area contributed by atoms with Crippen LogP contribution >= 0.6 is 0 Å². The van der Waals surface area contributed by atoms with Gasteiger partial charge in [-0.1, -0.05) is 6.42 Å². The van der Waals surface area contributed by atoms with Crippen LogP contribution in [0.25, 0.3) is 0 Å². The van der Waals surface area contributed by atoms with Crippen molar-refractivity contribution in [3.63, 3.8) is 0 Å². The van der Waals surface area contributed by atoms with Gasteiger partial charge in [-0.15, -0.1) is 0 Å². The van der Waals surface area contributed by atoms with Gasteiger partial charge in [0.1, 0.15) is 6.54 Å². The normalized spacial score (nSPS) is 15.3. The maximum absolute atomic E-state index is 11.6. The third kappa shape index (κ3) is 3.30. The number of hydrogen-bond acceptors (Lipinski definition) is 3. The maximum atomic E-state index is 11.6. The number of amides is 1. The molecule has 6 nitrogen and oxygen atoms in total. The van der Waals surface area contributed by atoms with Crippen LogP contribution in [0.15, 0.2) is 12.4 Å². The van der Waals surface area contributed by atoms with Gasteiger partial charge in [-0.2, -0.15) is 5.10 Å². The summed E-state index contributed by atoms with van der Waals surface area (Å²) in [6.07, 6.45) is 7.00. The molecule has 0 atom stereocenters. The van der Waals surface area contributed by atoms with Crippen molar-refractivity contribution in [1.82, 2.24) is 9.78 Å². The molecule has 0 saturated heterocycles. The predicted octanol–water partition coefficient (Wildman–Crippen LogP) is 1.10. The van der Waals surface area contributed by atoms with E-state index < -0.39 is 5.97 Å². The van der Waals surface area contributed by atoms with Crippen LogP contribution in [0, 0.1) is 5.92 Å². The molecular weight excluding hydrogens is 222 g/mol. The number of carboxylic acids is 1. The van der Waals surface area contributed by atoms with Crippen molar-refractivity contribution in [3.05, 3.63) is 12.4 Å². The van der Waals surface area contributed by atoms with Crippen molar-refractivity contribution in [2.75, 3.05) is 5.32 Å². The molecule has 1 fully saturated rings. The van der Waals surface area contributed by atoms with Gasteiger partial charge in [-0.3, -0.25) is 14.3 Å². The van der Waals surface area contributed by atoms with Crippen molar-refractivity contribution in [2.45, 2.75) is 32.2 Å². The Bertz CT molecular complexity index is 423. The average Bonchev–Trinajstić information content (AvgIpc) is 2.58. The first-order valence-electron chi connectivity index (χ1n) is 5.67. The van der Waals surface area contributed by atoms with Gasteiger partial charge >= 0.3 is 5.97 Å². The van der Waals surface area contributed by atoms with E-state index >= 15 is 0 Å². The Morgan fingerprint density at radius 2 is 2.29 bits per heavy atom. The third-order valence-electron chi connectivity index (χ3n) is 2.91. The maximum Gasteiger partial charge on any atom is 0.325 e. The van der Waals surface area contributed by atoms with E-state index in [1.165, 1.54) is 23.5 Å². The van der Waals surface area contributed by atoms with Crippen molar-refractivity contribution in [1.29, 1.82) is 0 Å². The summed E-state index contributed by atoms with van der Waals surface area (Å²) < 4.78 is 1.28. The monoisotopic (exact) mass is 237 g/mol. The van der Waals surface area contributed by atoms with Crippen LogP contribution in [0.2, 0.25) is 0 Å². The molecule has 2 rings (SSSR count). The molecule has 0 spiro atoms. The molecule has 6 heteroatoms. The lowest BCUT2D eigenvalue weighted by Crippen LogP contribution is -2.20. The molecule has 1 amide bonds. The number of anilines is 1. The Morgan fingerprint density at radius 3 is 2.88 bits per heavy atom. The first kappa shape index (κ1) is 11.6. The Morgan fingerprint density at radius 1 is 1.53 bits per heavy atom. The number of aliphatic carboxylic acids is 1. The van der Waals surface area contributed by atoms with Crippen LogP contribution in [0.1, 0.15) is 25.7 Å².